The lowest BCUT2D eigenvalue weighted by molar-refractivity contribution is 0.329. The first-order valence-corrected chi connectivity index (χ1v) is 11.6. The molecular formula is C23H30N4O4S. The smallest absolute Gasteiger partial charge is 0.246 e. The lowest BCUT2D eigenvalue weighted by Gasteiger charge is -2.24. The fraction of sp³-hybridized carbons (Fsp3) is 0.348. The van der Waals surface area contributed by atoms with Crippen molar-refractivity contribution in [2.75, 3.05) is 20.8 Å². The van der Waals surface area contributed by atoms with E-state index < -0.39 is 15.6 Å². The fourth-order valence-electron chi connectivity index (χ4n) is 3.11. The van der Waals surface area contributed by atoms with E-state index in [4.69, 9.17) is 15.2 Å². The molecule has 0 bridgehead atoms. The molecule has 0 fully saturated rings. The van der Waals surface area contributed by atoms with Gasteiger partial charge < -0.3 is 15.2 Å². The van der Waals surface area contributed by atoms with Crippen LogP contribution in [0.2, 0.25) is 0 Å². The number of hydrogen-bond acceptors (Lipinski definition) is 6. The summed E-state index contributed by atoms with van der Waals surface area (Å²) in [6.07, 6.45) is 2.92. The van der Waals surface area contributed by atoms with Crippen molar-refractivity contribution in [1.82, 2.24) is 14.1 Å². The van der Waals surface area contributed by atoms with Crippen molar-refractivity contribution >= 4 is 10.0 Å². The standard InChI is InChI=1S/C23H30N4O4S/c1-23(2,17-24)27-16-22(13-25-27)32(28,29)26(14-18-5-9-20(30-3)10-6-18)15-19-7-11-21(31-4)12-8-19/h5-13,16H,14-15,17,24H2,1-4H3. The van der Waals surface area contributed by atoms with Gasteiger partial charge in [-0.2, -0.15) is 9.40 Å². The first-order chi connectivity index (χ1) is 15.2. The quantitative estimate of drug-likeness (QED) is 0.501. The lowest BCUT2D eigenvalue weighted by atomic mass is 10.1. The lowest BCUT2D eigenvalue weighted by Crippen LogP contribution is -2.35. The van der Waals surface area contributed by atoms with Crippen LogP contribution in [0.3, 0.4) is 0 Å². The maximum Gasteiger partial charge on any atom is 0.246 e. The van der Waals surface area contributed by atoms with Crippen molar-refractivity contribution in [2.24, 2.45) is 5.73 Å². The Morgan fingerprint density at radius 3 is 1.81 bits per heavy atom. The van der Waals surface area contributed by atoms with Crippen molar-refractivity contribution in [2.45, 2.75) is 37.4 Å². The Morgan fingerprint density at radius 1 is 0.938 bits per heavy atom. The molecule has 172 valence electrons. The van der Waals surface area contributed by atoms with Gasteiger partial charge in [0.25, 0.3) is 0 Å². The van der Waals surface area contributed by atoms with Gasteiger partial charge in [0.15, 0.2) is 0 Å². The van der Waals surface area contributed by atoms with E-state index in [-0.39, 0.29) is 18.0 Å². The molecule has 0 aliphatic heterocycles. The minimum absolute atomic E-state index is 0.126. The van der Waals surface area contributed by atoms with Gasteiger partial charge in [-0.3, -0.25) is 4.68 Å². The predicted octanol–water partition coefficient (Wildman–Crippen LogP) is 2.99. The molecule has 0 saturated carbocycles. The van der Waals surface area contributed by atoms with Crippen LogP contribution in [0.5, 0.6) is 11.5 Å². The van der Waals surface area contributed by atoms with Crippen molar-refractivity contribution in [1.29, 1.82) is 0 Å². The summed E-state index contributed by atoms with van der Waals surface area (Å²) in [5.41, 5.74) is 7.02. The van der Waals surface area contributed by atoms with E-state index in [1.165, 1.54) is 16.7 Å². The fourth-order valence-corrected chi connectivity index (χ4v) is 4.46. The van der Waals surface area contributed by atoms with Gasteiger partial charge in [0, 0.05) is 25.8 Å². The van der Waals surface area contributed by atoms with Crippen molar-refractivity contribution in [3.63, 3.8) is 0 Å². The molecule has 2 aromatic carbocycles. The van der Waals surface area contributed by atoms with Crippen LogP contribution in [-0.4, -0.2) is 43.3 Å². The number of ether oxygens (including phenoxy) is 2. The van der Waals surface area contributed by atoms with Crippen LogP contribution in [0.25, 0.3) is 0 Å². The number of hydrogen-bond donors (Lipinski definition) is 1. The van der Waals surface area contributed by atoms with E-state index in [1.54, 1.807) is 18.9 Å². The molecule has 0 unspecified atom stereocenters. The minimum atomic E-state index is -3.83. The molecule has 3 aromatic rings. The number of nitrogens with zero attached hydrogens (tertiary/aromatic N) is 3. The van der Waals surface area contributed by atoms with Gasteiger partial charge >= 0.3 is 0 Å². The second-order valence-corrected chi connectivity index (χ2v) is 10.0. The number of methoxy groups -OCH3 is 2. The van der Waals surface area contributed by atoms with Crippen LogP contribution in [-0.2, 0) is 28.7 Å². The van der Waals surface area contributed by atoms with Gasteiger partial charge in [-0.25, -0.2) is 8.42 Å². The van der Waals surface area contributed by atoms with Gasteiger partial charge in [0.1, 0.15) is 16.4 Å². The number of sulfonamides is 1. The molecule has 3 rings (SSSR count). The highest BCUT2D eigenvalue weighted by Gasteiger charge is 2.29. The Balaban J connectivity index is 1.95. The molecular weight excluding hydrogens is 428 g/mol. The topological polar surface area (TPSA) is 99.7 Å². The molecule has 1 aromatic heterocycles. The normalized spacial score (nSPS) is 12.2. The van der Waals surface area contributed by atoms with Crippen molar-refractivity contribution in [3.05, 3.63) is 72.1 Å². The molecule has 0 amide bonds. The third-order valence-electron chi connectivity index (χ3n) is 5.35. The zero-order valence-electron chi connectivity index (χ0n) is 18.9. The maximum atomic E-state index is 13.6. The molecule has 0 saturated heterocycles. The van der Waals surface area contributed by atoms with Crippen LogP contribution in [0, 0.1) is 0 Å². The maximum absolute atomic E-state index is 13.6. The number of rotatable bonds is 10. The molecule has 0 atom stereocenters. The molecule has 0 aliphatic rings. The summed E-state index contributed by atoms with van der Waals surface area (Å²) in [5.74, 6) is 1.42. The highest BCUT2D eigenvalue weighted by atomic mass is 32.2. The first kappa shape index (κ1) is 23.8. The average molecular weight is 459 g/mol. The number of nitrogens with two attached hydrogens (primary N) is 1. The number of benzene rings is 2. The largest absolute Gasteiger partial charge is 0.497 e. The van der Waals surface area contributed by atoms with E-state index in [0.29, 0.717) is 18.0 Å². The molecule has 0 radical (unpaired) electrons. The summed E-state index contributed by atoms with van der Waals surface area (Å²) in [5, 5.41) is 4.26. The molecule has 0 spiro atoms. The van der Waals surface area contributed by atoms with Gasteiger partial charge in [0.05, 0.1) is 26.0 Å². The van der Waals surface area contributed by atoms with Crippen LogP contribution >= 0.6 is 0 Å². The molecule has 32 heavy (non-hydrogen) atoms. The molecule has 2 N–H and O–H groups in total. The summed E-state index contributed by atoms with van der Waals surface area (Å²) in [7, 11) is -0.643. The highest BCUT2D eigenvalue weighted by Crippen LogP contribution is 2.24. The van der Waals surface area contributed by atoms with E-state index >= 15 is 0 Å². The van der Waals surface area contributed by atoms with Crippen LogP contribution in [0.1, 0.15) is 25.0 Å². The second kappa shape index (κ2) is 9.72. The van der Waals surface area contributed by atoms with E-state index in [2.05, 4.69) is 5.10 Å². The summed E-state index contributed by atoms with van der Waals surface area (Å²) >= 11 is 0. The molecule has 0 aliphatic carbocycles. The van der Waals surface area contributed by atoms with Crippen molar-refractivity contribution in [3.8, 4) is 11.5 Å². The SMILES string of the molecule is COc1ccc(CN(Cc2ccc(OC)cc2)S(=O)(=O)c2cnn(C(C)(C)CN)c2)cc1. The Labute approximate surface area is 189 Å². The summed E-state index contributed by atoms with van der Waals surface area (Å²) in [6, 6.07) is 14.7. The van der Waals surface area contributed by atoms with E-state index in [0.717, 1.165) is 11.1 Å². The third kappa shape index (κ3) is 5.29. The Morgan fingerprint density at radius 2 is 1.41 bits per heavy atom. The third-order valence-corrected chi connectivity index (χ3v) is 7.10. The van der Waals surface area contributed by atoms with Gasteiger partial charge in [-0.15, -0.1) is 0 Å². The van der Waals surface area contributed by atoms with E-state index in [9.17, 15) is 8.42 Å². The zero-order chi connectivity index (χ0) is 23.4. The summed E-state index contributed by atoms with van der Waals surface area (Å²) < 4.78 is 40.7. The second-order valence-electron chi connectivity index (χ2n) is 8.11. The average Bonchev–Trinajstić information content (AvgIpc) is 3.32. The predicted molar refractivity (Wildman–Crippen MR) is 123 cm³/mol. The van der Waals surface area contributed by atoms with Gasteiger partial charge in [-0.1, -0.05) is 24.3 Å². The molecule has 9 heteroatoms. The summed E-state index contributed by atoms with van der Waals surface area (Å²) in [4.78, 5) is 0.126. The monoisotopic (exact) mass is 458 g/mol. The zero-order valence-corrected chi connectivity index (χ0v) is 19.7. The van der Waals surface area contributed by atoms with E-state index in [1.807, 2.05) is 62.4 Å². The first-order valence-electron chi connectivity index (χ1n) is 10.2. The van der Waals surface area contributed by atoms with Gasteiger partial charge in [-0.05, 0) is 49.2 Å². The highest BCUT2D eigenvalue weighted by molar-refractivity contribution is 7.89. The minimum Gasteiger partial charge on any atom is -0.497 e. The number of aromatic nitrogens is 2. The Hall–Kier alpha value is -2.88. The van der Waals surface area contributed by atoms with Gasteiger partial charge in [0.2, 0.25) is 10.0 Å². The summed E-state index contributed by atoms with van der Waals surface area (Å²) in [6.45, 7) is 4.54. The van der Waals surface area contributed by atoms with Crippen LogP contribution in [0.4, 0.5) is 0 Å². The molecule has 1 heterocycles. The van der Waals surface area contributed by atoms with Crippen LogP contribution < -0.4 is 15.2 Å². The Bertz CT molecular complexity index is 1070. The van der Waals surface area contributed by atoms with Crippen LogP contribution in [0.15, 0.2) is 65.8 Å². The molecule has 8 nitrogen and oxygen atoms in total. The Kier molecular flexibility index (Phi) is 7.22. The van der Waals surface area contributed by atoms with Crippen molar-refractivity contribution < 1.29 is 17.9 Å².